The first kappa shape index (κ1) is 31.2. The molecule has 0 fully saturated rings. The molecule has 5 heteroatoms. The van der Waals surface area contributed by atoms with Crippen molar-refractivity contribution in [3.63, 3.8) is 0 Å². The molecule has 2 rings (SSSR count). The maximum absolute atomic E-state index is 12.5. The van der Waals surface area contributed by atoms with Crippen LogP contribution in [-0.2, 0) is 16.0 Å². The SMILES string of the molecule is C/C(=C\COC(=O)Cc1ccccc1Nc1c(Cl)cccc1Cl)CCCCCCCCCCCC(C)C. The van der Waals surface area contributed by atoms with E-state index in [1.54, 1.807) is 18.2 Å². The molecule has 0 aromatic heterocycles. The van der Waals surface area contributed by atoms with E-state index < -0.39 is 0 Å². The van der Waals surface area contributed by atoms with Gasteiger partial charge in [-0.15, -0.1) is 0 Å². The van der Waals surface area contributed by atoms with Crippen molar-refractivity contribution >= 4 is 40.5 Å². The van der Waals surface area contributed by atoms with Gasteiger partial charge < -0.3 is 10.1 Å². The van der Waals surface area contributed by atoms with E-state index in [0.717, 1.165) is 23.6 Å². The molecule has 1 N–H and O–H groups in total. The molecule has 0 saturated heterocycles. The summed E-state index contributed by atoms with van der Waals surface area (Å²) in [4.78, 5) is 12.5. The zero-order chi connectivity index (χ0) is 26.9. The number of hydrogen-bond donors (Lipinski definition) is 1. The highest BCUT2D eigenvalue weighted by atomic mass is 35.5. The van der Waals surface area contributed by atoms with Crippen LogP contribution in [0.4, 0.5) is 11.4 Å². The fraction of sp³-hybridized carbons (Fsp3) is 0.531. The number of carbonyl (C=O) groups excluding carboxylic acids is 1. The normalized spacial score (nSPS) is 11.7. The number of hydrogen-bond acceptors (Lipinski definition) is 3. The summed E-state index contributed by atoms with van der Waals surface area (Å²) in [5.74, 6) is 0.587. The number of carbonyl (C=O) groups is 1. The lowest BCUT2D eigenvalue weighted by molar-refractivity contribution is -0.141. The van der Waals surface area contributed by atoms with Crippen molar-refractivity contribution in [1.82, 2.24) is 0 Å². The molecule has 2 aromatic carbocycles. The van der Waals surface area contributed by atoms with E-state index in [2.05, 4.69) is 26.1 Å². The van der Waals surface area contributed by atoms with Crippen LogP contribution in [0, 0.1) is 5.92 Å². The molecule has 0 unspecified atom stereocenters. The molecule has 0 saturated carbocycles. The summed E-state index contributed by atoms with van der Waals surface area (Å²) >= 11 is 12.6. The van der Waals surface area contributed by atoms with Crippen molar-refractivity contribution < 1.29 is 9.53 Å². The van der Waals surface area contributed by atoms with Gasteiger partial charge in [0.25, 0.3) is 0 Å². The molecule has 0 radical (unpaired) electrons. The van der Waals surface area contributed by atoms with E-state index in [9.17, 15) is 4.79 Å². The van der Waals surface area contributed by atoms with Gasteiger partial charge in [-0.05, 0) is 55.5 Å². The Labute approximate surface area is 235 Å². The number of rotatable bonds is 18. The lowest BCUT2D eigenvalue weighted by Crippen LogP contribution is -2.10. The van der Waals surface area contributed by atoms with E-state index in [1.165, 1.54) is 69.8 Å². The molecule has 0 aliphatic rings. The number of ether oxygens (including phenoxy) is 1. The first-order chi connectivity index (χ1) is 17.9. The van der Waals surface area contributed by atoms with Gasteiger partial charge in [0.2, 0.25) is 0 Å². The zero-order valence-corrected chi connectivity index (χ0v) is 24.5. The minimum absolute atomic E-state index is 0.176. The fourth-order valence-corrected chi connectivity index (χ4v) is 4.82. The number of esters is 1. The van der Waals surface area contributed by atoms with Crippen molar-refractivity contribution in [3.8, 4) is 0 Å². The third kappa shape index (κ3) is 13.4. The minimum Gasteiger partial charge on any atom is -0.461 e. The molecule has 0 atom stereocenters. The average Bonchev–Trinajstić information content (AvgIpc) is 2.85. The van der Waals surface area contributed by atoms with Gasteiger partial charge in [-0.2, -0.15) is 0 Å². The number of para-hydroxylation sites is 2. The molecule has 0 heterocycles. The van der Waals surface area contributed by atoms with Crippen LogP contribution in [0.1, 0.15) is 97.0 Å². The summed E-state index contributed by atoms with van der Waals surface area (Å²) in [6.45, 7) is 7.05. The van der Waals surface area contributed by atoms with Crippen molar-refractivity contribution in [1.29, 1.82) is 0 Å². The topological polar surface area (TPSA) is 38.3 Å². The van der Waals surface area contributed by atoms with Gasteiger partial charge in [-0.25, -0.2) is 0 Å². The number of benzene rings is 2. The monoisotopic (exact) mass is 545 g/mol. The maximum Gasteiger partial charge on any atom is 0.310 e. The van der Waals surface area contributed by atoms with Crippen LogP contribution in [0.25, 0.3) is 0 Å². The van der Waals surface area contributed by atoms with Crippen LogP contribution in [0.5, 0.6) is 0 Å². The third-order valence-electron chi connectivity index (χ3n) is 6.60. The Bertz CT molecular complexity index is 951. The summed E-state index contributed by atoms with van der Waals surface area (Å²) < 4.78 is 5.49. The second-order valence-corrected chi connectivity index (χ2v) is 11.2. The summed E-state index contributed by atoms with van der Waals surface area (Å²) in [7, 11) is 0. The number of allylic oxidation sites excluding steroid dienone is 1. The van der Waals surface area contributed by atoms with E-state index in [0.29, 0.717) is 22.3 Å². The van der Waals surface area contributed by atoms with E-state index >= 15 is 0 Å². The smallest absolute Gasteiger partial charge is 0.310 e. The van der Waals surface area contributed by atoms with Crippen LogP contribution in [-0.4, -0.2) is 12.6 Å². The summed E-state index contributed by atoms with van der Waals surface area (Å²) in [6.07, 6.45) is 16.7. The minimum atomic E-state index is -0.257. The molecular formula is C32H45Cl2NO2. The summed E-state index contributed by atoms with van der Waals surface area (Å²) in [6, 6.07) is 13.0. The highest BCUT2D eigenvalue weighted by Gasteiger charge is 2.12. The molecule has 0 spiro atoms. The Morgan fingerprint density at radius 3 is 2.11 bits per heavy atom. The lowest BCUT2D eigenvalue weighted by Gasteiger charge is -2.14. The van der Waals surface area contributed by atoms with Gasteiger partial charge in [-0.3, -0.25) is 4.79 Å². The molecule has 0 aliphatic carbocycles. The maximum atomic E-state index is 12.5. The van der Waals surface area contributed by atoms with Crippen molar-refractivity contribution in [2.45, 2.75) is 97.8 Å². The highest BCUT2D eigenvalue weighted by molar-refractivity contribution is 6.39. The Morgan fingerprint density at radius 1 is 0.865 bits per heavy atom. The second kappa shape index (κ2) is 18.3. The summed E-state index contributed by atoms with van der Waals surface area (Å²) in [5, 5.41) is 4.31. The van der Waals surface area contributed by atoms with Crippen LogP contribution < -0.4 is 5.32 Å². The van der Waals surface area contributed by atoms with Gasteiger partial charge in [0.05, 0.1) is 22.2 Å². The standard InChI is InChI=1S/C32H45Cl2NO2/c1-25(2)16-11-9-7-5-4-6-8-10-12-17-26(3)22-23-37-31(36)24-27-18-13-14-21-30(27)35-32-28(33)19-15-20-29(32)34/h13-15,18-22,25,35H,4-12,16-17,23-24H2,1-3H3/b26-22+. The van der Waals surface area contributed by atoms with Crippen molar-refractivity contribution in [2.75, 3.05) is 11.9 Å². The molecule has 204 valence electrons. The van der Waals surface area contributed by atoms with E-state index in [4.69, 9.17) is 27.9 Å². The zero-order valence-electron chi connectivity index (χ0n) is 23.0. The molecule has 37 heavy (non-hydrogen) atoms. The first-order valence-corrected chi connectivity index (χ1v) is 14.7. The first-order valence-electron chi connectivity index (χ1n) is 14.0. The number of anilines is 2. The highest BCUT2D eigenvalue weighted by Crippen LogP contribution is 2.33. The molecule has 2 aromatic rings. The molecule has 0 aliphatic heterocycles. The third-order valence-corrected chi connectivity index (χ3v) is 7.23. The molecular weight excluding hydrogens is 501 g/mol. The molecule has 3 nitrogen and oxygen atoms in total. The Morgan fingerprint density at radius 2 is 1.46 bits per heavy atom. The number of nitrogens with one attached hydrogen (secondary N) is 1. The molecule has 0 amide bonds. The van der Waals surface area contributed by atoms with Gasteiger partial charge >= 0.3 is 5.97 Å². The van der Waals surface area contributed by atoms with Gasteiger partial charge in [0.1, 0.15) is 6.61 Å². The Kier molecular flexibility index (Phi) is 15.5. The predicted molar refractivity (Wildman–Crippen MR) is 160 cm³/mol. The number of halogens is 2. The van der Waals surface area contributed by atoms with Gasteiger partial charge in [-0.1, -0.05) is 125 Å². The van der Waals surface area contributed by atoms with E-state index in [1.807, 2.05) is 30.3 Å². The van der Waals surface area contributed by atoms with E-state index in [-0.39, 0.29) is 12.4 Å². The number of unbranched alkanes of at least 4 members (excludes halogenated alkanes) is 8. The van der Waals surface area contributed by atoms with Crippen LogP contribution in [0.15, 0.2) is 54.1 Å². The quantitative estimate of drug-likeness (QED) is 0.115. The Hall–Kier alpha value is -1.97. The largest absolute Gasteiger partial charge is 0.461 e. The Balaban J connectivity index is 1.62. The fourth-order valence-electron chi connectivity index (χ4n) is 4.33. The second-order valence-electron chi connectivity index (χ2n) is 10.4. The molecule has 0 bridgehead atoms. The average molecular weight is 547 g/mol. The van der Waals surface area contributed by atoms with Gasteiger partial charge in [0, 0.05) is 5.69 Å². The van der Waals surface area contributed by atoms with Crippen molar-refractivity contribution in [2.24, 2.45) is 5.92 Å². The van der Waals surface area contributed by atoms with Crippen LogP contribution >= 0.6 is 23.2 Å². The predicted octanol–water partition coefficient (Wildman–Crippen LogP) is 10.7. The summed E-state index contributed by atoms with van der Waals surface area (Å²) in [5.41, 5.74) is 3.53. The van der Waals surface area contributed by atoms with Crippen molar-refractivity contribution in [3.05, 3.63) is 69.7 Å². The van der Waals surface area contributed by atoms with Gasteiger partial charge in [0.15, 0.2) is 0 Å². The van der Waals surface area contributed by atoms with Crippen LogP contribution in [0.3, 0.4) is 0 Å². The lowest BCUT2D eigenvalue weighted by atomic mass is 10.0. The van der Waals surface area contributed by atoms with Crippen LogP contribution in [0.2, 0.25) is 10.0 Å².